The van der Waals surface area contributed by atoms with Crippen molar-refractivity contribution in [3.63, 3.8) is 0 Å². The van der Waals surface area contributed by atoms with Gasteiger partial charge in [0.15, 0.2) is 0 Å². The second kappa shape index (κ2) is 5.51. The monoisotopic (exact) mass is 295 g/mol. The smallest absolute Gasteiger partial charge is 0.320 e. The van der Waals surface area contributed by atoms with Gasteiger partial charge in [0.2, 0.25) is 0 Å². The van der Waals surface area contributed by atoms with Crippen LogP contribution in [-0.4, -0.2) is 15.9 Å². The largest absolute Gasteiger partial charge is 0.417 e. The number of halogens is 3. The van der Waals surface area contributed by atoms with Gasteiger partial charge in [-0.1, -0.05) is 0 Å². The van der Waals surface area contributed by atoms with E-state index in [2.05, 4.69) is 15.3 Å². The number of alkyl halides is 3. The third kappa shape index (κ3) is 3.36. The van der Waals surface area contributed by atoms with Crippen LogP contribution in [0.25, 0.3) is 0 Å². The number of aromatic nitrogens is 2. The molecule has 0 aliphatic heterocycles. The average Bonchev–Trinajstić information content (AvgIpc) is 2.40. The van der Waals surface area contributed by atoms with Crippen LogP contribution in [0.2, 0.25) is 0 Å². The fourth-order valence-corrected chi connectivity index (χ4v) is 1.73. The Balaban J connectivity index is 2.31. The molecule has 2 rings (SSSR count). The molecule has 7 heteroatoms. The van der Waals surface area contributed by atoms with Crippen LogP contribution < -0.4 is 5.32 Å². The molecule has 0 aliphatic carbocycles. The number of nitrogens with zero attached hydrogens (tertiary/aromatic N) is 2. The van der Waals surface area contributed by atoms with Crippen LogP contribution in [0, 0.1) is 13.8 Å². The first-order valence-corrected chi connectivity index (χ1v) is 6.05. The maximum absolute atomic E-state index is 12.7. The van der Waals surface area contributed by atoms with Crippen LogP contribution >= 0.6 is 0 Å². The SMILES string of the molecule is Cc1cnccc1C(=O)Nc1cc(C(F)(F)F)cnc1C. The molecule has 0 saturated carbocycles. The lowest BCUT2D eigenvalue weighted by Crippen LogP contribution is -2.16. The van der Waals surface area contributed by atoms with Crippen molar-refractivity contribution in [1.82, 2.24) is 9.97 Å². The average molecular weight is 295 g/mol. The zero-order valence-electron chi connectivity index (χ0n) is 11.3. The minimum Gasteiger partial charge on any atom is -0.320 e. The van der Waals surface area contributed by atoms with Crippen molar-refractivity contribution in [1.29, 1.82) is 0 Å². The maximum atomic E-state index is 12.7. The van der Waals surface area contributed by atoms with E-state index in [0.717, 1.165) is 12.3 Å². The summed E-state index contributed by atoms with van der Waals surface area (Å²) < 4.78 is 38.0. The zero-order chi connectivity index (χ0) is 15.6. The Morgan fingerprint density at radius 2 is 1.95 bits per heavy atom. The lowest BCUT2D eigenvalue weighted by molar-refractivity contribution is -0.137. The molecule has 1 N–H and O–H groups in total. The van der Waals surface area contributed by atoms with Gasteiger partial charge in [0.25, 0.3) is 5.91 Å². The molecule has 0 unspecified atom stereocenters. The summed E-state index contributed by atoms with van der Waals surface area (Å²) in [4.78, 5) is 19.6. The van der Waals surface area contributed by atoms with Crippen LogP contribution in [0.5, 0.6) is 0 Å². The number of anilines is 1. The van der Waals surface area contributed by atoms with E-state index in [1.54, 1.807) is 6.92 Å². The number of carbonyl (C=O) groups is 1. The first kappa shape index (κ1) is 15.0. The number of amides is 1. The number of hydrogen-bond donors (Lipinski definition) is 1. The standard InChI is InChI=1S/C14H12F3N3O/c1-8-6-18-4-3-11(8)13(21)20-12-5-10(14(15,16)17)7-19-9(12)2/h3-7H,1-2H3,(H,20,21). The van der Waals surface area contributed by atoms with Gasteiger partial charge in [0.05, 0.1) is 16.9 Å². The van der Waals surface area contributed by atoms with Gasteiger partial charge in [-0.15, -0.1) is 0 Å². The summed E-state index contributed by atoms with van der Waals surface area (Å²) in [7, 11) is 0. The Bertz CT molecular complexity index is 683. The highest BCUT2D eigenvalue weighted by molar-refractivity contribution is 6.05. The van der Waals surface area contributed by atoms with Crippen molar-refractivity contribution in [2.45, 2.75) is 20.0 Å². The summed E-state index contributed by atoms with van der Waals surface area (Å²) >= 11 is 0. The second-order valence-electron chi connectivity index (χ2n) is 4.50. The summed E-state index contributed by atoms with van der Waals surface area (Å²) in [5, 5.41) is 2.45. The fraction of sp³-hybridized carbons (Fsp3) is 0.214. The molecule has 0 radical (unpaired) electrons. The number of nitrogens with one attached hydrogen (secondary N) is 1. The number of carbonyl (C=O) groups excluding carboxylic acids is 1. The van der Waals surface area contributed by atoms with E-state index < -0.39 is 17.6 Å². The minimum absolute atomic E-state index is 0.0334. The summed E-state index contributed by atoms with van der Waals surface area (Å²) in [6, 6.07) is 2.37. The molecule has 2 heterocycles. The highest BCUT2D eigenvalue weighted by Gasteiger charge is 2.31. The fourth-order valence-electron chi connectivity index (χ4n) is 1.73. The number of hydrogen-bond acceptors (Lipinski definition) is 3. The van der Waals surface area contributed by atoms with Gasteiger partial charge in [-0.05, 0) is 31.5 Å². The molecule has 0 spiro atoms. The predicted octanol–water partition coefficient (Wildman–Crippen LogP) is 3.36. The molecule has 0 bridgehead atoms. The lowest BCUT2D eigenvalue weighted by atomic mass is 10.1. The molecule has 2 aromatic rings. The van der Waals surface area contributed by atoms with Gasteiger partial charge in [-0.25, -0.2) is 0 Å². The van der Waals surface area contributed by atoms with Crippen molar-refractivity contribution in [3.8, 4) is 0 Å². The first-order chi connectivity index (χ1) is 9.79. The zero-order valence-corrected chi connectivity index (χ0v) is 11.3. The molecular weight excluding hydrogens is 283 g/mol. The summed E-state index contributed by atoms with van der Waals surface area (Å²) in [5.74, 6) is -0.501. The van der Waals surface area contributed by atoms with Crippen molar-refractivity contribution >= 4 is 11.6 Å². The Kier molecular flexibility index (Phi) is 3.93. The van der Waals surface area contributed by atoms with Gasteiger partial charge < -0.3 is 5.32 Å². The molecule has 0 aromatic carbocycles. The summed E-state index contributed by atoms with van der Waals surface area (Å²) in [6.45, 7) is 3.22. The molecule has 1 amide bonds. The molecule has 4 nitrogen and oxygen atoms in total. The topological polar surface area (TPSA) is 54.9 Å². The second-order valence-corrected chi connectivity index (χ2v) is 4.50. The van der Waals surface area contributed by atoms with E-state index >= 15 is 0 Å². The van der Waals surface area contributed by atoms with E-state index in [1.807, 2.05) is 0 Å². The van der Waals surface area contributed by atoms with E-state index in [0.29, 0.717) is 16.8 Å². The Hall–Kier alpha value is -2.44. The van der Waals surface area contributed by atoms with E-state index in [1.165, 1.54) is 25.4 Å². The Labute approximate surface area is 119 Å². The molecule has 2 aromatic heterocycles. The Morgan fingerprint density at radius 3 is 2.57 bits per heavy atom. The maximum Gasteiger partial charge on any atom is 0.417 e. The summed E-state index contributed by atoms with van der Waals surface area (Å²) in [5.41, 5.74) is 0.415. The highest BCUT2D eigenvalue weighted by atomic mass is 19.4. The Morgan fingerprint density at radius 1 is 1.24 bits per heavy atom. The molecule has 21 heavy (non-hydrogen) atoms. The van der Waals surface area contributed by atoms with Gasteiger partial charge in [0, 0.05) is 24.2 Å². The van der Waals surface area contributed by atoms with E-state index in [-0.39, 0.29) is 5.69 Å². The minimum atomic E-state index is -4.51. The van der Waals surface area contributed by atoms with Crippen molar-refractivity contribution in [2.75, 3.05) is 5.32 Å². The van der Waals surface area contributed by atoms with Crippen molar-refractivity contribution < 1.29 is 18.0 Å². The third-order valence-corrected chi connectivity index (χ3v) is 2.93. The molecule has 110 valence electrons. The van der Waals surface area contributed by atoms with Gasteiger partial charge in [0.1, 0.15) is 0 Å². The van der Waals surface area contributed by atoms with Crippen LogP contribution in [0.15, 0.2) is 30.7 Å². The van der Waals surface area contributed by atoms with Crippen molar-refractivity contribution in [2.24, 2.45) is 0 Å². The molecule has 0 aliphatic rings. The van der Waals surface area contributed by atoms with Crippen LogP contribution in [0.4, 0.5) is 18.9 Å². The van der Waals surface area contributed by atoms with Gasteiger partial charge in [-0.2, -0.15) is 13.2 Å². The van der Waals surface area contributed by atoms with Crippen LogP contribution in [0.3, 0.4) is 0 Å². The molecule has 0 saturated heterocycles. The van der Waals surface area contributed by atoms with Gasteiger partial charge >= 0.3 is 6.18 Å². The van der Waals surface area contributed by atoms with E-state index in [4.69, 9.17) is 0 Å². The number of rotatable bonds is 2. The quantitative estimate of drug-likeness (QED) is 0.924. The van der Waals surface area contributed by atoms with E-state index in [9.17, 15) is 18.0 Å². The van der Waals surface area contributed by atoms with Crippen molar-refractivity contribution in [3.05, 3.63) is 53.1 Å². The first-order valence-electron chi connectivity index (χ1n) is 6.05. The predicted molar refractivity (Wildman–Crippen MR) is 70.9 cm³/mol. The normalized spacial score (nSPS) is 11.3. The summed E-state index contributed by atoms with van der Waals surface area (Å²) in [6.07, 6.45) is -0.819. The van der Waals surface area contributed by atoms with Crippen LogP contribution in [-0.2, 0) is 6.18 Å². The molecule has 0 fully saturated rings. The molecule has 0 atom stereocenters. The number of pyridine rings is 2. The highest BCUT2D eigenvalue weighted by Crippen LogP contribution is 2.31. The molecular formula is C14H12F3N3O. The van der Waals surface area contributed by atoms with Gasteiger partial charge in [-0.3, -0.25) is 14.8 Å². The van der Waals surface area contributed by atoms with Crippen LogP contribution in [0.1, 0.15) is 27.2 Å². The lowest BCUT2D eigenvalue weighted by Gasteiger charge is -2.12. The number of aryl methyl sites for hydroxylation is 2. The third-order valence-electron chi connectivity index (χ3n) is 2.93.